The summed E-state index contributed by atoms with van der Waals surface area (Å²) in [5.41, 5.74) is 1.91. The van der Waals surface area contributed by atoms with Gasteiger partial charge in [-0.25, -0.2) is 9.78 Å². The van der Waals surface area contributed by atoms with Gasteiger partial charge in [-0.1, -0.05) is 40.6 Å². The van der Waals surface area contributed by atoms with Gasteiger partial charge in [-0.05, 0) is 49.7 Å². The minimum Gasteiger partial charge on any atom is -0.477 e. The fraction of sp³-hybridized carbons (Fsp3) is 0.211. The van der Waals surface area contributed by atoms with Gasteiger partial charge in [0.15, 0.2) is 17.8 Å². The number of esters is 1. The Kier molecular flexibility index (Phi) is 6.39. The minimum absolute atomic E-state index is 0.274. The fourth-order valence-electron chi connectivity index (χ4n) is 2.30. The lowest BCUT2D eigenvalue weighted by Gasteiger charge is -2.14. The SMILES string of the molecule is Cc1ccc2nc(NC(=O)COC(=O)C(C)Oc3ccc(Cl)cc3Cl)sc2c1. The van der Waals surface area contributed by atoms with Crippen LogP contribution in [0.25, 0.3) is 10.2 Å². The van der Waals surface area contributed by atoms with Crippen molar-refractivity contribution in [2.24, 2.45) is 0 Å². The summed E-state index contributed by atoms with van der Waals surface area (Å²) in [7, 11) is 0. The molecule has 1 N–H and O–H groups in total. The lowest BCUT2D eigenvalue weighted by Crippen LogP contribution is -2.29. The van der Waals surface area contributed by atoms with Gasteiger partial charge in [0, 0.05) is 5.02 Å². The van der Waals surface area contributed by atoms with Crippen molar-refractivity contribution in [2.75, 3.05) is 11.9 Å². The van der Waals surface area contributed by atoms with Crippen molar-refractivity contribution in [1.82, 2.24) is 4.98 Å². The molecule has 1 atom stereocenters. The molecule has 0 saturated carbocycles. The molecule has 3 rings (SSSR count). The van der Waals surface area contributed by atoms with Gasteiger partial charge in [-0.2, -0.15) is 0 Å². The number of carbonyl (C=O) groups is 2. The molecular formula is C19H16Cl2N2O4S. The van der Waals surface area contributed by atoms with Gasteiger partial charge in [0.2, 0.25) is 0 Å². The van der Waals surface area contributed by atoms with E-state index in [1.54, 1.807) is 12.1 Å². The number of benzene rings is 2. The van der Waals surface area contributed by atoms with E-state index in [0.717, 1.165) is 15.8 Å². The van der Waals surface area contributed by atoms with Gasteiger partial charge in [0.25, 0.3) is 5.91 Å². The van der Waals surface area contributed by atoms with E-state index in [1.165, 1.54) is 24.3 Å². The molecule has 28 heavy (non-hydrogen) atoms. The Bertz CT molecular complexity index is 1040. The third-order valence-electron chi connectivity index (χ3n) is 3.67. The van der Waals surface area contributed by atoms with Crippen molar-refractivity contribution < 1.29 is 19.1 Å². The van der Waals surface area contributed by atoms with Crippen LogP contribution in [-0.2, 0) is 14.3 Å². The molecule has 0 spiro atoms. The highest BCUT2D eigenvalue weighted by atomic mass is 35.5. The van der Waals surface area contributed by atoms with Crippen molar-refractivity contribution in [1.29, 1.82) is 0 Å². The summed E-state index contributed by atoms with van der Waals surface area (Å²) < 4.78 is 11.4. The number of fused-ring (bicyclic) bond motifs is 1. The molecule has 0 aliphatic carbocycles. The van der Waals surface area contributed by atoms with E-state index < -0.39 is 24.6 Å². The second-order valence-electron chi connectivity index (χ2n) is 5.98. The van der Waals surface area contributed by atoms with Crippen LogP contribution in [0.4, 0.5) is 5.13 Å². The van der Waals surface area contributed by atoms with Crippen molar-refractivity contribution in [3.63, 3.8) is 0 Å². The molecule has 0 fully saturated rings. The highest BCUT2D eigenvalue weighted by Crippen LogP contribution is 2.28. The van der Waals surface area contributed by atoms with Gasteiger partial charge in [-0.3, -0.25) is 10.1 Å². The maximum absolute atomic E-state index is 12.1. The van der Waals surface area contributed by atoms with Gasteiger partial charge in [-0.15, -0.1) is 0 Å². The van der Waals surface area contributed by atoms with Crippen LogP contribution in [0.15, 0.2) is 36.4 Å². The van der Waals surface area contributed by atoms with E-state index in [4.69, 9.17) is 32.7 Å². The summed E-state index contributed by atoms with van der Waals surface area (Å²) in [6.07, 6.45) is -0.947. The van der Waals surface area contributed by atoms with E-state index in [0.29, 0.717) is 15.9 Å². The molecule has 2 aromatic carbocycles. The number of hydrogen-bond donors (Lipinski definition) is 1. The molecule has 0 bridgehead atoms. The van der Waals surface area contributed by atoms with E-state index in [-0.39, 0.29) is 5.02 Å². The van der Waals surface area contributed by atoms with Crippen molar-refractivity contribution >= 4 is 61.8 Å². The number of nitrogens with zero attached hydrogens (tertiary/aromatic N) is 1. The van der Waals surface area contributed by atoms with E-state index in [9.17, 15) is 9.59 Å². The standard InChI is InChI=1S/C19H16Cl2N2O4S/c1-10-3-5-14-16(7-10)28-19(22-14)23-17(24)9-26-18(25)11(2)27-15-6-4-12(20)8-13(15)21/h3-8,11H,9H2,1-2H3,(H,22,23,24). The minimum atomic E-state index is -0.947. The zero-order valence-corrected chi connectivity index (χ0v) is 17.3. The van der Waals surface area contributed by atoms with Gasteiger partial charge < -0.3 is 9.47 Å². The number of halogens is 2. The highest BCUT2D eigenvalue weighted by Gasteiger charge is 2.19. The van der Waals surface area contributed by atoms with Crippen LogP contribution in [0, 0.1) is 6.92 Å². The molecule has 0 saturated heterocycles. The lowest BCUT2D eigenvalue weighted by atomic mass is 10.2. The molecule has 1 unspecified atom stereocenters. The fourth-order valence-corrected chi connectivity index (χ4v) is 3.74. The van der Waals surface area contributed by atoms with Gasteiger partial charge >= 0.3 is 5.97 Å². The van der Waals surface area contributed by atoms with E-state index >= 15 is 0 Å². The zero-order chi connectivity index (χ0) is 20.3. The summed E-state index contributed by atoms with van der Waals surface area (Å²) in [6, 6.07) is 10.5. The van der Waals surface area contributed by atoms with E-state index in [1.807, 2.05) is 25.1 Å². The van der Waals surface area contributed by atoms with Crippen molar-refractivity contribution in [3.8, 4) is 5.75 Å². The molecule has 3 aromatic rings. The molecule has 1 heterocycles. The number of aromatic nitrogens is 1. The number of nitrogens with one attached hydrogen (secondary N) is 1. The Labute approximate surface area is 175 Å². The van der Waals surface area contributed by atoms with Crippen LogP contribution >= 0.6 is 34.5 Å². The van der Waals surface area contributed by atoms with Gasteiger partial charge in [0.1, 0.15) is 5.75 Å². The number of aryl methyl sites for hydroxylation is 1. The molecular weight excluding hydrogens is 423 g/mol. The summed E-state index contributed by atoms with van der Waals surface area (Å²) in [6.45, 7) is 3.04. The van der Waals surface area contributed by atoms with Crippen molar-refractivity contribution in [2.45, 2.75) is 20.0 Å². The third kappa shape index (κ3) is 5.13. The first-order valence-corrected chi connectivity index (χ1v) is 9.84. The Morgan fingerprint density at radius 1 is 1.21 bits per heavy atom. The van der Waals surface area contributed by atoms with Crippen LogP contribution in [0.5, 0.6) is 5.75 Å². The average Bonchev–Trinajstić information content (AvgIpc) is 3.03. The number of carbonyl (C=O) groups excluding carboxylic acids is 2. The topological polar surface area (TPSA) is 77.5 Å². The van der Waals surface area contributed by atoms with Gasteiger partial charge in [0.05, 0.1) is 15.2 Å². The molecule has 0 aliphatic rings. The number of amides is 1. The number of anilines is 1. The first-order chi connectivity index (χ1) is 13.3. The number of ether oxygens (including phenoxy) is 2. The number of thiazole rings is 1. The van der Waals surface area contributed by atoms with Crippen molar-refractivity contribution in [3.05, 3.63) is 52.0 Å². The Hall–Kier alpha value is -2.35. The zero-order valence-electron chi connectivity index (χ0n) is 15.0. The summed E-state index contributed by atoms with van der Waals surface area (Å²) in [4.78, 5) is 28.4. The highest BCUT2D eigenvalue weighted by molar-refractivity contribution is 7.22. The Balaban J connectivity index is 1.52. The third-order valence-corrected chi connectivity index (χ3v) is 5.13. The smallest absolute Gasteiger partial charge is 0.347 e. The molecule has 1 amide bonds. The first-order valence-electron chi connectivity index (χ1n) is 8.27. The number of hydrogen-bond acceptors (Lipinski definition) is 6. The maximum atomic E-state index is 12.1. The first kappa shape index (κ1) is 20.4. The molecule has 0 aliphatic heterocycles. The summed E-state index contributed by atoms with van der Waals surface area (Å²) in [5.74, 6) is -0.883. The molecule has 9 heteroatoms. The lowest BCUT2D eigenvalue weighted by molar-refractivity contribution is -0.153. The second kappa shape index (κ2) is 8.77. The monoisotopic (exact) mass is 438 g/mol. The van der Waals surface area contributed by atoms with Crippen LogP contribution in [-0.4, -0.2) is 29.6 Å². The molecule has 1 aromatic heterocycles. The number of rotatable bonds is 6. The summed E-state index contributed by atoms with van der Waals surface area (Å²) in [5, 5.41) is 3.80. The van der Waals surface area contributed by atoms with Crippen LogP contribution in [0.2, 0.25) is 10.0 Å². The quantitative estimate of drug-likeness (QED) is 0.555. The normalized spacial score (nSPS) is 11.9. The average molecular weight is 439 g/mol. The molecule has 0 radical (unpaired) electrons. The predicted octanol–water partition coefficient (Wildman–Crippen LogP) is 4.86. The maximum Gasteiger partial charge on any atom is 0.347 e. The predicted molar refractivity (Wildman–Crippen MR) is 110 cm³/mol. The Morgan fingerprint density at radius 3 is 2.75 bits per heavy atom. The second-order valence-corrected chi connectivity index (χ2v) is 7.86. The van der Waals surface area contributed by atoms with E-state index in [2.05, 4.69) is 10.3 Å². The van der Waals surface area contributed by atoms with Crippen LogP contribution in [0.3, 0.4) is 0 Å². The van der Waals surface area contributed by atoms with Crippen LogP contribution in [0.1, 0.15) is 12.5 Å². The largest absolute Gasteiger partial charge is 0.477 e. The Morgan fingerprint density at radius 2 is 2.00 bits per heavy atom. The molecule has 146 valence electrons. The summed E-state index contributed by atoms with van der Waals surface area (Å²) >= 11 is 13.2. The molecule has 6 nitrogen and oxygen atoms in total. The van der Waals surface area contributed by atoms with Crippen LogP contribution < -0.4 is 10.1 Å².